The maximum atomic E-state index is 12.2. The third-order valence-electron chi connectivity index (χ3n) is 2.99. The van der Waals surface area contributed by atoms with Gasteiger partial charge in [-0.15, -0.1) is 0 Å². The van der Waals surface area contributed by atoms with Crippen LogP contribution >= 0.6 is 23.2 Å². The molecule has 0 saturated heterocycles. The van der Waals surface area contributed by atoms with Crippen LogP contribution in [0.5, 0.6) is 0 Å². The second-order valence-electron chi connectivity index (χ2n) is 4.75. The van der Waals surface area contributed by atoms with Crippen LogP contribution in [0.15, 0.2) is 53.4 Å². The molecule has 122 valence electrons. The van der Waals surface area contributed by atoms with Crippen LogP contribution in [-0.2, 0) is 14.8 Å². The molecule has 0 aromatic heterocycles. The van der Waals surface area contributed by atoms with Crippen molar-refractivity contribution in [3.8, 4) is 0 Å². The summed E-state index contributed by atoms with van der Waals surface area (Å²) in [6, 6.07) is 11.6. The standard InChI is InChI=1S/C15H14Cl2N2O3S/c1-10(19-23(21,22)11-6-3-2-4-7-11)15(20)18-13-9-5-8-12(16)14(13)17/h2-10,19H,1H3,(H,18,20)/t10-/m0/s1. The normalized spacial score (nSPS) is 12.7. The van der Waals surface area contributed by atoms with Crippen molar-refractivity contribution in [2.75, 3.05) is 5.32 Å². The number of halogens is 2. The SMILES string of the molecule is C[C@H](NS(=O)(=O)c1ccccc1)C(=O)Nc1cccc(Cl)c1Cl. The predicted octanol–water partition coefficient (Wildman–Crippen LogP) is 3.30. The van der Waals surface area contributed by atoms with Crippen LogP contribution in [0.25, 0.3) is 0 Å². The number of carbonyl (C=O) groups excluding carboxylic acids is 1. The number of benzene rings is 2. The largest absolute Gasteiger partial charge is 0.323 e. The second kappa shape index (κ2) is 7.31. The molecule has 0 aliphatic carbocycles. The van der Waals surface area contributed by atoms with Gasteiger partial charge < -0.3 is 5.32 Å². The Hall–Kier alpha value is -1.60. The lowest BCUT2D eigenvalue weighted by atomic mass is 10.3. The maximum Gasteiger partial charge on any atom is 0.242 e. The molecule has 0 aliphatic heterocycles. The van der Waals surface area contributed by atoms with E-state index in [1.165, 1.54) is 19.1 Å². The number of hydrogen-bond donors (Lipinski definition) is 2. The molecule has 2 aromatic rings. The number of sulfonamides is 1. The molecule has 0 unspecified atom stereocenters. The minimum Gasteiger partial charge on any atom is -0.323 e. The average molecular weight is 373 g/mol. The van der Waals surface area contributed by atoms with E-state index < -0.39 is 22.0 Å². The molecule has 2 aromatic carbocycles. The highest BCUT2D eigenvalue weighted by atomic mass is 35.5. The van der Waals surface area contributed by atoms with Crippen molar-refractivity contribution in [3.63, 3.8) is 0 Å². The van der Waals surface area contributed by atoms with E-state index in [0.717, 1.165) is 0 Å². The topological polar surface area (TPSA) is 75.3 Å². The lowest BCUT2D eigenvalue weighted by Crippen LogP contribution is -2.41. The molecule has 0 aliphatic rings. The fourth-order valence-electron chi connectivity index (χ4n) is 1.80. The van der Waals surface area contributed by atoms with Crippen molar-refractivity contribution in [2.45, 2.75) is 17.9 Å². The van der Waals surface area contributed by atoms with Gasteiger partial charge in [0.05, 0.1) is 26.7 Å². The summed E-state index contributed by atoms with van der Waals surface area (Å²) in [6.45, 7) is 1.44. The highest BCUT2D eigenvalue weighted by molar-refractivity contribution is 7.89. The third-order valence-corrected chi connectivity index (χ3v) is 5.36. The van der Waals surface area contributed by atoms with Crippen molar-refractivity contribution in [1.29, 1.82) is 0 Å². The second-order valence-corrected chi connectivity index (χ2v) is 7.25. The molecule has 0 bridgehead atoms. The first-order chi connectivity index (χ1) is 10.8. The highest BCUT2D eigenvalue weighted by Crippen LogP contribution is 2.29. The van der Waals surface area contributed by atoms with Crippen LogP contribution in [0.4, 0.5) is 5.69 Å². The van der Waals surface area contributed by atoms with Gasteiger partial charge in [0.15, 0.2) is 0 Å². The summed E-state index contributed by atoms with van der Waals surface area (Å²) in [5.41, 5.74) is 0.315. The quantitative estimate of drug-likeness (QED) is 0.845. The van der Waals surface area contributed by atoms with Gasteiger partial charge in [0.2, 0.25) is 15.9 Å². The van der Waals surface area contributed by atoms with Crippen molar-refractivity contribution in [3.05, 3.63) is 58.6 Å². The Kier molecular flexibility index (Phi) is 5.64. The van der Waals surface area contributed by atoms with Crippen molar-refractivity contribution in [2.24, 2.45) is 0 Å². The van der Waals surface area contributed by atoms with Crippen molar-refractivity contribution >= 4 is 44.8 Å². The van der Waals surface area contributed by atoms with E-state index in [1.54, 1.807) is 36.4 Å². The Bertz CT molecular complexity index is 811. The Morgan fingerprint density at radius 2 is 1.70 bits per heavy atom. The molecule has 8 heteroatoms. The van der Waals surface area contributed by atoms with Crippen LogP contribution in [-0.4, -0.2) is 20.4 Å². The fraction of sp³-hybridized carbons (Fsp3) is 0.133. The number of carbonyl (C=O) groups is 1. The lowest BCUT2D eigenvalue weighted by molar-refractivity contribution is -0.117. The number of amides is 1. The monoisotopic (exact) mass is 372 g/mol. The van der Waals surface area contributed by atoms with Crippen LogP contribution in [0.1, 0.15) is 6.92 Å². The minimum absolute atomic E-state index is 0.0837. The number of hydrogen-bond acceptors (Lipinski definition) is 3. The number of anilines is 1. The molecule has 0 spiro atoms. The molecule has 1 atom stereocenters. The summed E-state index contributed by atoms with van der Waals surface area (Å²) >= 11 is 11.9. The first-order valence-electron chi connectivity index (χ1n) is 6.63. The zero-order valence-electron chi connectivity index (χ0n) is 12.1. The summed E-state index contributed by atoms with van der Waals surface area (Å²) in [5.74, 6) is -0.548. The Labute approximate surface area is 144 Å². The first kappa shape index (κ1) is 17.7. The van der Waals surface area contributed by atoms with E-state index in [0.29, 0.717) is 10.7 Å². The van der Waals surface area contributed by atoms with Crippen LogP contribution in [0.2, 0.25) is 10.0 Å². The molecule has 0 heterocycles. The number of rotatable bonds is 5. The molecule has 23 heavy (non-hydrogen) atoms. The van der Waals surface area contributed by atoms with Gasteiger partial charge in [-0.3, -0.25) is 4.79 Å². The molecule has 0 fully saturated rings. The van der Waals surface area contributed by atoms with E-state index >= 15 is 0 Å². The molecular weight excluding hydrogens is 359 g/mol. The Morgan fingerprint density at radius 3 is 2.35 bits per heavy atom. The van der Waals surface area contributed by atoms with Gasteiger partial charge >= 0.3 is 0 Å². The molecule has 0 saturated carbocycles. The van der Waals surface area contributed by atoms with Crippen LogP contribution in [0.3, 0.4) is 0 Å². The van der Waals surface area contributed by atoms with E-state index in [-0.39, 0.29) is 9.92 Å². The molecule has 2 rings (SSSR count). The summed E-state index contributed by atoms with van der Waals surface area (Å²) < 4.78 is 26.7. The summed E-state index contributed by atoms with van der Waals surface area (Å²) in [4.78, 5) is 12.2. The number of nitrogens with one attached hydrogen (secondary N) is 2. The van der Waals surface area contributed by atoms with Crippen LogP contribution < -0.4 is 10.0 Å². The Balaban J connectivity index is 2.10. The zero-order valence-corrected chi connectivity index (χ0v) is 14.4. The first-order valence-corrected chi connectivity index (χ1v) is 8.87. The predicted molar refractivity (Wildman–Crippen MR) is 91.3 cm³/mol. The van der Waals surface area contributed by atoms with Gasteiger partial charge in [-0.05, 0) is 31.2 Å². The minimum atomic E-state index is -3.78. The van der Waals surface area contributed by atoms with Gasteiger partial charge in [0, 0.05) is 0 Å². The molecule has 1 amide bonds. The van der Waals surface area contributed by atoms with Gasteiger partial charge in [-0.1, -0.05) is 47.5 Å². The summed E-state index contributed by atoms with van der Waals surface area (Å²) in [5, 5.41) is 3.03. The average Bonchev–Trinajstić information content (AvgIpc) is 2.52. The van der Waals surface area contributed by atoms with E-state index in [4.69, 9.17) is 23.2 Å². The summed E-state index contributed by atoms with van der Waals surface area (Å²) in [7, 11) is -3.78. The van der Waals surface area contributed by atoms with Gasteiger partial charge in [-0.25, -0.2) is 8.42 Å². The van der Waals surface area contributed by atoms with Gasteiger partial charge in [0.1, 0.15) is 0 Å². The smallest absolute Gasteiger partial charge is 0.242 e. The molecular formula is C15H14Cl2N2O3S. The van der Waals surface area contributed by atoms with E-state index in [9.17, 15) is 13.2 Å². The van der Waals surface area contributed by atoms with E-state index in [2.05, 4.69) is 10.0 Å². The maximum absolute atomic E-state index is 12.2. The van der Waals surface area contributed by atoms with Crippen LogP contribution in [0, 0.1) is 0 Å². The summed E-state index contributed by atoms with van der Waals surface area (Å²) in [6.07, 6.45) is 0. The van der Waals surface area contributed by atoms with Gasteiger partial charge in [0.25, 0.3) is 0 Å². The lowest BCUT2D eigenvalue weighted by Gasteiger charge is -2.15. The highest BCUT2D eigenvalue weighted by Gasteiger charge is 2.22. The van der Waals surface area contributed by atoms with Crippen molar-refractivity contribution in [1.82, 2.24) is 4.72 Å². The van der Waals surface area contributed by atoms with Gasteiger partial charge in [-0.2, -0.15) is 4.72 Å². The molecule has 5 nitrogen and oxygen atoms in total. The zero-order chi connectivity index (χ0) is 17.0. The molecule has 0 radical (unpaired) electrons. The third kappa shape index (κ3) is 4.45. The Morgan fingerprint density at radius 1 is 1.04 bits per heavy atom. The van der Waals surface area contributed by atoms with E-state index in [1.807, 2.05) is 0 Å². The van der Waals surface area contributed by atoms with Crippen molar-refractivity contribution < 1.29 is 13.2 Å². The fourth-order valence-corrected chi connectivity index (χ4v) is 3.37. The molecule has 2 N–H and O–H groups in total.